The van der Waals surface area contributed by atoms with E-state index in [1.807, 2.05) is 0 Å². The minimum absolute atomic E-state index is 0.909. The van der Waals surface area contributed by atoms with Gasteiger partial charge in [-0.25, -0.2) is 0 Å². The molecule has 2 atom stereocenters. The van der Waals surface area contributed by atoms with Crippen LogP contribution in [-0.2, 0) is 0 Å². The van der Waals surface area contributed by atoms with Crippen LogP contribution in [0.15, 0.2) is 0 Å². The number of hydrogen-bond acceptors (Lipinski definition) is 2. The highest BCUT2D eigenvalue weighted by atomic mass is 32.2. The van der Waals surface area contributed by atoms with Crippen molar-refractivity contribution in [1.82, 2.24) is 0 Å². The molecule has 0 amide bonds. The van der Waals surface area contributed by atoms with Gasteiger partial charge in [0.2, 0.25) is 0 Å². The van der Waals surface area contributed by atoms with Crippen LogP contribution in [0.5, 0.6) is 0 Å². The predicted molar refractivity (Wildman–Crippen MR) is 43.6 cm³/mol. The highest BCUT2D eigenvalue weighted by Crippen LogP contribution is 2.32. The van der Waals surface area contributed by atoms with Crippen LogP contribution in [0.25, 0.3) is 0 Å². The van der Waals surface area contributed by atoms with Gasteiger partial charge in [-0.15, -0.1) is 23.5 Å². The van der Waals surface area contributed by atoms with Gasteiger partial charge < -0.3 is 0 Å². The van der Waals surface area contributed by atoms with Crippen molar-refractivity contribution in [2.45, 2.75) is 30.8 Å². The minimum Gasteiger partial charge on any atom is -0.148 e. The first-order valence-corrected chi connectivity index (χ1v) is 5.12. The molecule has 0 radical (unpaired) electrons. The largest absolute Gasteiger partial charge is 0.148 e. The molecule has 0 saturated carbocycles. The van der Waals surface area contributed by atoms with E-state index in [4.69, 9.17) is 0 Å². The lowest BCUT2D eigenvalue weighted by Gasteiger charge is -2.22. The number of thioether (sulfide) groups is 2. The van der Waals surface area contributed by atoms with Crippen molar-refractivity contribution in [2.24, 2.45) is 0 Å². The Labute approximate surface area is 59.8 Å². The Morgan fingerprint density at radius 2 is 1.62 bits per heavy atom. The van der Waals surface area contributed by atoms with Crippen LogP contribution in [0.4, 0.5) is 0 Å². The summed E-state index contributed by atoms with van der Waals surface area (Å²) in [5, 5.41) is 3.12. The fourth-order valence-corrected chi connectivity index (χ4v) is 4.02. The third-order valence-electron chi connectivity index (χ3n) is 1.37. The van der Waals surface area contributed by atoms with Crippen LogP contribution in [0.1, 0.15) is 20.3 Å². The Morgan fingerprint density at radius 1 is 1.12 bits per heavy atom. The van der Waals surface area contributed by atoms with Gasteiger partial charge in [0.25, 0.3) is 0 Å². The smallest absolute Gasteiger partial charge is 0.0397 e. The van der Waals surface area contributed by atoms with Crippen LogP contribution in [0.2, 0.25) is 0 Å². The first kappa shape index (κ1) is 6.81. The van der Waals surface area contributed by atoms with Crippen LogP contribution in [0, 0.1) is 0 Å². The van der Waals surface area contributed by atoms with Crippen molar-refractivity contribution in [1.29, 1.82) is 0 Å². The minimum atomic E-state index is 0.909. The molecule has 0 aliphatic carbocycles. The molecule has 0 bridgehead atoms. The Hall–Kier alpha value is 0.700. The zero-order valence-corrected chi connectivity index (χ0v) is 7.02. The molecule has 1 aliphatic rings. The molecule has 0 N–H and O–H groups in total. The number of rotatable bonds is 0. The lowest BCUT2D eigenvalue weighted by atomic mass is 10.3. The van der Waals surface area contributed by atoms with E-state index in [1.54, 1.807) is 0 Å². The van der Waals surface area contributed by atoms with E-state index in [0.717, 1.165) is 10.5 Å². The summed E-state index contributed by atoms with van der Waals surface area (Å²) in [6, 6.07) is 0. The van der Waals surface area contributed by atoms with Crippen molar-refractivity contribution < 1.29 is 0 Å². The van der Waals surface area contributed by atoms with Crippen LogP contribution in [-0.4, -0.2) is 15.6 Å². The summed E-state index contributed by atoms with van der Waals surface area (Å²) in [6.45, 7) is 4.64. The molecule has 1 heterocycles. The second kappa shape index (κ2) is 3.02. The first-order valence-electron chi connectivity index (χ1n) is 3.02. The average Bonchev–Trinajstić information content (AvgIpc) is 1.64. The molecule has 0 unspecified atom stereocenters. The highest BCUT2D eigenvalue weighted by molar-refractivity contribution is 8.17. The molecule has 0 aromatic heterocycles. The van der Waals surface area contributed by atoms with E-state index < -0.39 is 0 Å². The fourth-order valence-electron chi connectivity index (χ4n) is 0.875. The number of hydrogen-bond donors (Lipinski definition) is 0. The molecule has 0 aromatic rings. The molecule has 1 rings (SSSR count). The van der Waals surface area contributed by atoms with Gasteiger partial charge in [0.05, 0.1) is 0 Å². The molecule has 0 nitrogen and oxygen atoms in total. The molecule has 0 aromatic carbocycles. The van der Waals surface area contributed by atoms with Crippen molar-refractivity contribution >= 4 is 23.5 Å². The van der Waals surface area contributed by atoms with Gasteiger partial charge in [-0.2, -0.15) is 0 Å². The molecule has 1 fully saturated rings. The van der Waals surface area contributed by atoms with Gasteiger partial charge in [-0.3, -0.25) is 0 Å². The van der Waals surface area contributed by atoms with Gasteiger partial charge >= 0.3 is 0 Å². The van der Waals surface area contributed by atoms with E-state index >= 15 is 0 Å². The first-order chi connectivity index (χ1) is 3.79. The molecule has 0 spiro atoms. The zero-order valence-electron chi connectivity index (χ0n) is 5.39. The van der Waals surface area contributed by atoms with Crippen molar-refractivity contribution in [3.05, 3.63) is 0 Å². The predicted octanol–water partition coefficient (Wildman–Crippen LogP) is 2.59. The van der Waals surface area contributed by atoms with E-state index in [-0.39, 0.29) is 0 Å². The second-order valence-electron chi connectivity index (χ2n) is 2.31. The highest BCUT2D eigenvalue weighted by Gasteiger charge is 2.14. The Morgan fingerprint density at radius 3 is 1.88 bits per heavy atom. The summed E-state index contributed by atoms with van der Waals surface area (Å²) < 4.78 is 0. The third kappa shape index (κ3) is 1.90. The van der Waals surface area contributed by atoms with E-state index in [9.17, 15) is 0 Å². The summed E-state index contributed by atoms with van der Waals surface area (Å²) in [5.41, 5.74) is 0. The summed E-state index contributed by atoms with van der Waals surface area (Å²) >= 11 is 4.17. The maximum Gasteiger partial charge on any atom is 0.0397 e. The van der Waals surface area contributed by atoms with Gasteiger partial charge in [0.1, 0.15) is 0 Å². The topological polar surface area (TPSA) is 0 Å². The van der Waals surface area contributed by atoms with Gasteiger partial charge in [0.15, 0.2) is 0 Å². The summed E-state index contributed by atoms with van der Waals surface area (Å²) in [4.78, 5) is 0. The summed E-state index contributed by atoms with van der Waals surface area (Å²) in [6.07, 6.45) is 1.40. The van der Waals surface area contributed by atoms with Crippen molar-refractivity contribution in [3.63, 3.8) is 0 Å². The molecule has 2 heteroatoms. The average molecular weight is 148 g/mol. The van der Waals surface area contributed by atoms with E-state index in [1.165, 1.54) is 11.5 Å². The third-order valence-corrected chi connectivity index (χ3v) is 3.98. The lowest BCUT2D eigenvalue weighted by molar-refractivity contribution is 0.799. The van der Waals surface area contributed by atoms with Crippen LogP contribution < -0.4 is 0 Å². The monoisotopic (exact) mass is 148 g/mol. The van der Waals surface area contributed by atoms with Crippen LogP contribution >= 0.6 is 23.5 Å². The molecule has 48 valence electrons. The molecule has 8 heavy (non-hydrogen) atoms. The zero-order chi connectivity index (χ0) is 5.98. The Kier molecular flexibility index (Phi) is 2.57. The Balaban J connectivity index is 2.23. The molecule has 1 aliphatic heterocycles. The van der Waals surface area contributed by atoms with Gasteiger partial charge in [-0.1, -0.05) is 13.8 Å². The lowest BCUT2D eigenvalue weighted by Crippen LogP contribution is -2.11. The van der Waals surface area contributed by atoms with E-state index in [2.05, 4.69) is 37.4 Å². The normalized spacial score (nSPS) is 39.8. The summed E-state index contributed by atoms with van der Waals surface area (Å²) in [5.74, 6) is 0. The maximum absolute atomic E-state index is 2.32. The van der Waals surface area contributed by atoms with Crippen molar-refractivity contribution in [3.8, 4) is 0 Å². The van der Waals surface area contributed by atoms with Gasteiger partial charge in [0, 0.05) is 15.6 Å². The summed E-state index contributed by atoms with van der Waals surface area (Å²) in [7, 11) is 0. The SMILES string of the molecule is C[C@@H]1C[C@@H](C)SCS1. The molecular weight excluding hydrogens is 136 g/mol. The van der Waals surface area contributed by atoms with Crippen LogP contribution in [0.3, 0.4) is 0 Å². The second-order valence-corrected chi connectivity index (χ2v) is 5.53. The standard InChI is InChI=1S/C6H12S2/c1-5-3-6(2)8-4-7-5/h5-6H,3-4H2,1-2H3/t5-,6-/m1/s1. The van der Waals surface area contributed by atoms with Crippen molar-refractivity contribution in [2.75, 3.05) is 5.08 Å². The quantitative estimate of drug-likeness (QED) is 0.518. The Bertz CT molecular complexity index is 64.9. The molecule has 1 saturated heterocycles. The fraction of sp³-hybridized carbons (Fsp3) is 1.00. The van der Waals surface area contributed by atoms with Gasteiger partial charge in [-0.05, 0) is 6.42 Å². The van der Waals surface area contributed by atoms with E-state index in [0.29, 0.717) is 0 Å². The molecular formula is C6H12S2. The maximum atomic E-state index is 2.32.